The van der Waals surface area contributed by atoms with Crippen LogP contribution in [-0.2, 0) is 0 Å². The van der Waals surface area contributed by atoms with Crippen molar-refractivity contribution in [2.24, 2.45) is 0 Å². The molecule has 1 aromatic carbocycles. The second-order valence-electron chi connectivity index (χ2n) is 2.94. The molecule has 0 aliphatic heterocycles. The molecule has 0 saturated heterocycles. The number of aromatic nitrogens is 1. The molecule has 0 saturated carbocycles. The van der Waals surface area contributed by atoms with Gasteiger partial charge >= 0.3 is 0 Å². The molecule has 0 bridgehead atoms. The van der Waals surface area contributed by atoms with Crippen LogP contribution in [0.2, 0.25) is 0 Å². The van der Waals surface area contributed by atoms with Gasteiger partial charge in [-0.15, -0.1) is 0 Å². The van der Waals surface area contributed by atoms with Gasteiger partial charge in [0.1, 0.15) is 0 Å². The van der Waals surface area contributed by atoms with Gasteiger partial charge in [0.25, 0.3) is 0 Å². The largest absolute Gasteiger partial charge is 0.264 e. The van der Waals surface area contributed by atoms with Gasteiger partial charge in [0, 0.05) is 18.5 Å². The van der Waals surface area contributed by atoms with Crippen molar-refractivity contribution in [3.8, 4) is 17.2 Å². The molecule has 0 radical (unpaired) electrons. The van der Waals surface area contributed by atoms with Crippen LogP contribution < -0.4 is 0 Å². The lowest BCUT2D eigenvalue weighted by Gasteiger charge is -1.97. The van der Waals surface area contributed by atoms with Crippen molar-refractivity contribution in [1.82, 2.24) is 4.98 Å². The zero-order chi connectivity index (χ0) is 11.6. The molecule has 0 spiro atoms. The number of pyridine rings is 1. The summed E-state index contributed by atoms with van der Waals surface area (Å²) in [5.41, 5.74) is 2.38. The van der Waals surface area contributed by atoms with Crippen molar-refractivity contribution in [1.29, 1.82) is 5.26 Å². The minimum atomic E-state index is 1.16. The summed E-state index contributed by atoms with van der Waals surface area (Å²) in [5, 5.41) is 7.51. The fraction of sp³-hybridized carbons (Fsp3) is 0. The van der Waals surface area contributed by atoms with E-state index in [0.717, 1.165) is 5.56 Å². The Bertz CT molecular complexity index is 418. The quantitative estimate of drug-likeness (QED) is 0.673. The molecule has 0 N–H and O–H groups in total. The molecule has 0 amide bonds. The van der Waals surface area contributed by atoms with Crippen molar-refractivity contribution in [2.45, 2.75) is 0 Å². The zero-order valence-electron chi connectivity index (χ0n) is 8.88. The second kappa shape index (κ2) is 6.97. The molecule has 1 heterocycles. The molecular weight excluding hydrogens is 196 g/mol. The Morgan fingerprint density at radius 3 is 2.19 bits per heavy atom. The highest BCUT2D eigenvalue weighted by Gasteiger charge is 1.92. The number of rotatable bonds is 1. The van der Waals surface area contributed by atoms with Crippen molar-refractivity contribution < 1.29 is 0 Å². The van der Waals surface area contributed by atoms with Crippen LogP contribution >= 0.6 is 0 Å². The van der Waals surface area contributed by atoms with Gasteiger partial charge in [-0.2, -0.15) is 5.26 Å². The lowest BCUT2D eigenvalue weighted by atomic mass is 10.1. The van der Waals surface area contributed by atoms with Gasteiger partial charge in [0.05, 0.1) is 6.07 Å². The van der Waals surface area contributed by atoms with Crippen LogP contribution in [-0.4, -0.2) is 4.98 Å². The van der Waals surface area contributed by atoms with Crippen LogP contribution in [0.15, 0.2) is 67.5 Å². The minimum Gasteiger partial charge on any atom is -0.264 e. The van der Waals surface area contributed by atoms with Gasteiger partial charge in [-0.1, -0.05) is 43.0 Å². The second-order valence-corrected chi connectivity index (χ2v) is 2.94. The first-order valence-electron chi connectivity index (χ1n) is 4.84. The standard InChI is InChI=1S/C11H9N.C3H3N/c1-2-5-10(6-3-1)11-7-4-8-12-9-11;1-2-3-4/h1-9H;2H,1H2. The summed E-state index contributed by atoms with van der Waals surface area (Å²) in [7, 11) is 0. The number of benzene rings is 1. The van der Waals surface area contributed by atoms with Gasteiger partial charge in [-0.3, -0.25) is 4.98 Å². The average molecular weight is 208 g/mol. The van der Waals surface area contributed by atoms with Crippen LogP contribution in [0, 0.1) is 11.3 Å². The third-order valence-electron chi connectivity index (χ3n) is 1.86. The van der Waals surface area contributed by atoms with E-state index in [-0.39, 0.29) is 0 Å². The summed E-state index contributed by atoms with van der Waals surface area (Å²) in [6, 6.07) is 15.9. The Morgan fingerprint density at radius 2 is 1.69 bits per heavy atom. The van der Waals surface area contributed by atoms with Crippen LogP contribution in [0.1, 0.15) is 0 Å². The fourth-order valence-corrected chi connectivity index (χ4v) is 1.16. The summed E-state index contributed by atoms with van der Waals surface area (Å²) in [6.45, 7) is 3.12. The van der Waals surface area contributed by atoms with E-state index < -0.39 is 0 Å². The smallest absolute Gasteiger partial charge is 0.0905 e. The van der Waals surface area contributed by atoms with E-state index in [1.807, 2.05) is 30.5 Å². The Morgan fingerprint density at radius 1 is 1.06 bits per heavy atom. The fourth-order valence-electron chi connectivity index (χ4n) is 1.16. The Labute approximate surface area is 95.5 Å². The van der Waals surface area contributed by atoms with E-state index in [4.69, 9.17) is 5.26 Å². The minimum absolute atomic E-state index is 1.16. The lowest BCUT2D eigenvalue weighted by Crippen LogP contribution is -1.76. The molecule has 2 rings (SSSR count). The van der Waals surface area contributed by atoms with Gasteiger partial charge in [0.15, 0.2) is 0 Å². The highest BCUT2D eigenvalue weighted by atomic mass is 14.6. The Hall–Kier alpha value is -2.40. The predicted octanol–water partition coefficient (Wildman–Crippen LogP) is 3.44. The molecule has 0 unspecified atom stereocenters. The lowest BCUT2D eigenvalue weighted by molar-refractivity contribution is 1.33. The molecule has 78 valence electrons. The normalized spacial score (nSPS) is 8.19. The van der Waals surface area contributed by atoms with E-state index in [9.17, 15) is 0 Å². The van der Waals surface area contributed by atoms with Gasteiger partial charge in [-0.05, 0) is 17.2 Å². The molecule has 0 fully saturated rings. The number of nitriles is 1. The van der Waals surface area contributed by atoms with Crippen LogP contribution in [0.4, 0.5) is 0 Å². The van der Waals surface area contributed by atoms with Crippen molar-refractivity contribution in [3.05, 3.63) is 67.5 Å². The highest BCUT2D eigenvalue weighted by Crippen LogP contribution is 2.16. The number of allylic oxidation sites excluding steroid dienone is 1. The summed E-state index contributed by atoms with van der Waals surface area (Å²) in [6.07, 6.45) is 4.84. The molecule has 16 heavy (non-hydrogen) atoms. The molecule has 0 atom stereocenters. The van der Waals surface area contributed by atoms with Gasteiger partial charge in [0.2, 0.25) is 0 Å². The van der Waals surface area contributed by atoms with E-state index in [0.29, 0.717) is 0 Å². The Balaban J connectivity index is 0.000000280. The van der Waals surface area contributed by atoms with Crippen molar-refractivity contribution in [2.75, 3.05) is 0 Å². The first kappa shape index (κ1) is 11.7. The third kappa shape index (κ3) is 3.77. The maximum absolute atomic E-state index is 7.51. The topological polar surface area (TPSA) is 36.7 Å². The first-order chi connectivity index (χ1) is 7.88. The number of hydrogen-bond donors (Lipinski definition) is 0. The molecule has 2 aromatic rings. The van der Waals surface area contributed by atoms with Gasteiger partial charge < -0.3 is 0 Å². The third-order valence-corrected chi connectivity index (χ3v) is 1.86. The zero-order valence-corrected chi connectivity index (χ0v) is 8.88. The van der Waals surface area contributed by atoms with Crippen LogP contribution in [0.3, 0.4) is 0 Å². The summed E-state index contributed by atoms with van der Waals surface area (Å²) in [4.78, 5) is 4.06. The molecule has 2 nitrogen and oxygen atoms in total. The maximum atomic E-state index is 7.51. The summed E-state index contributed by atoms with van der Waals surface area (Å²) >= 11 is 0. The monoisotopic (exact) mass is 208 g/mol. The molecule has 0 aliphatic rings. The molecule has 0 aliphatic carbocycles. The van der Waals surface area contributed by atoms with Gasteiger partial charge in [-0.25, -0.2) is 0 Å². The Kier molecular flexibility index (Phi) is 5.08. The van der Waals surface area contributed by atoms with E-state index >= 15 is 0 Å². The number of hydrogen-bond acceptors (Lipinski definition) is 2. The molecule has 1 aromatic heterocycles. The average Bonchev–Trinajstić information content (AvgIpc) is 2.41. The van der Waals surface area contributed by atoms with Crippen LogP contribution in [0.5, 0.6) is 0 Å². The van der Waals surface area contributed by atoms with E-state index in [1.165, 1.54) is 11.6 Å². The van der Waals surface area contributed by atoms with Crippen molar-refractivity contribution >= 4 is 0 Å². The van der Waals surface area contributed by atoms with E-state index in [1.54, 1.807) is 12.3 Å². The highest BCUT2D eigenvalue weighted by molar-refractivity contribution is 5.61. The van der Waals surface area contributed by atoms with E-state index in [2.05, 4.69) is 29.8 Å². The SMILES string of the molecule is C=CC#N.c1ccc(-c2cccnc2)cc1. The first-order valence-corrected chi connectivity index (χ1v) is 4.84. The maximum Gasteiger partial charge on any atom is 0.0905 e. The summed E-state index contributed by atoms with van der Waals surface area (Å²) < 4.78 is 0. The number of nitrogens with zero attached hydrogens (tertiary/aromatic N) is 2. The predicted molar refractivity (Wildman–Crippen MR) is 65.5 cm³/mol. The van der Waals surface area contributed by atoms with Crippen LogP contribution in [0.25, 0.3) is 11.1 Å². The summed E-state index contributed by atoms with van der Waals surface area (Å²) in [5.74, 6) is 0. The van der Waals surface area contributed by atoms with Crippen molar-refractivity contribution in [3.63, 3.8) is 0 Å². The molecular formula is C14H12N2. The molecule has 2 heteroatoms.